The Bertz CT molecular complexity index is 1120. The Hall–Kier alpha value is -2.69. The SMILES string of the molecule is CC(C)OCCOCCOCCOCCOCCOCCOCCOCCOCCOCCCNC(=O)OCC1c2ccccc2-c2ccccc21. The second-order valence-electron chi connectivity index (χ2n) is 12.0. The lowest BCUT2D eigenvalue weighted by atomic mass is 9.98. The van der Waals surface area contributed by atoms with Gasteiger partial charge in [-0.15, -0.1) is 0 Å². The third-order valence-corrected chi connectivity index (χ3v) is 7.73. The molecule has 0 saturated heterocycles. The van der Waals surface area contributed by atoms with Crippen molar-refractivity contribution in [1.29, 1.82) is 0 Å². The van der Waals surface area contributed by atoms with Crippen molar-refractivity contribution in [3.8, 4) is 11.1 Å². The summed E-state index contributed by atoms with van der Waals surface area (Å²) < 4.78 is 60.4. The lowest BCUT2D eigenvalue weighted by Gasteiger charge is -2.14. The van der Waals surface area contributed by atoms with E-state index >= 15 is 0 Å². The van der Waals surface area contributed by atoms with Crippen LogP contribution in [0, 0.1) is 0 Å². The number of benzene rings is 2. The highest BCUT2D eigenvalue weighted by Crippen LogP contribution is 2.44. The van der Waals surface area contributed by atoms with Gasteiger partial charge in [0.25, 0.3) is 0 Å². The number of hydrogen-bond acceptors (Lipinski definition) is 12. The maximum atomic E-state index is 12.3. The predicted molar refractivity (Wildman–Crippen MR) is 196 cm³/mol. The van der Waals surface area contributed by atoms with E-state index in [1.165, 1.54) is 22.3 Å². The highest BCUT2D eigenvalue weighted by atomic mass is 16.6. The molecule has 3 rings (SSSR count). The third-order valence-electron chi connectivity index (χ3n) is 7.73. The fraction of sp³-hybridized carbons (Fsp3) is 0.667. The summed E-state index contributed by atoms with van der Waals surface area (Å²) in [5, 5.41) is 2.81. The summed E-state index contributed by atoms with van der Waals surface area (Å²) in [5.74, 6) is 0.0513. The molecule has 0 aromatic heterocycles. The number of carbonyl (C=O) groups is 1. The summed E-state index contributed by atoms with van der Waals surface area (Å²) in [7, 11) is 0. The quantitative estimate of drug-likeness (QED) is 0.102. The minimum absolute atomic E-state index is 0.0513. The van der Waals surface area contributed by atoms with Gasteiger partial charge in [0, 0.05) is 19.1 Å². The summed E-state index contributed by atoms with van der Waals surface area (Å²) in [6, 6.07) is 16.6. The Kier molecular flexibility index (Phi) is 25.0. The molecule has 0 atom stereocenters. The average molecular weight is 736 g/mol. The molecule has 2 aromatic rings. The Labute approximate surface area is 309 Å². The Balaban J connectivity index is 0.960. The third kappa shape index (κ3) is 20.0. The second-order valence-corrected chi connectivity index (χ2v) is 12.0. The lowest BCUT2D eigenvalue weighted by Crippen LogP contribution is -2.27. The maximum absolute atomic E-state index is 12.3. The normalized spacial score (nSPS) is 12.4. The molecule has 0 spiro atoms. The largest absolute Gasteiger partial charge is 0.449 e. The number of hydrogen-bond donors (Lipinski definition) is 1. The highest BCUT2D eigenvalue weighted by Gasteiger charge is 2.28. The van der Waals surface area contributed by atoms with Gasteiger partial charge < -0.3 is 57.4 Å². The first kappa shape index (κ1) is 43.7. The Morgan fingerprint density at radius 1 is 0.519 bits per heavy atom. The molecular formula is C39H61NO12. The van der Waals surface area contributed by atoms with E-state index in [9.17, 15) is 4.79 Å². The van der Waals surface area contributed by atoms with Crippen LogP contribution >= 0.6 is 0 Å². The van der Waals surface area contributed by atoms with Crippen LogP contribution in [0.3, 0.4) is 0 Å². The van der Waals surface area contributed by atoms with E-state index in [0.29, 0.717) is 145 Å². The van der Waals surface area contributed by atoms with Gasteiger partial charge in [-0.05, 0) is 42.5 Å². The number of fused-ring (bicyclic) bond motifs is 3. The van der Waals surface area contributed by atoms with Crippen molar-refractivity contribution in [1.82, 2.24) is 5.32 Å². The molecule has 2 aromatic carbocycles. The molecule has 1 aliphatic rings. The zero-order valence-corrected chi connectivity index (χ0v) is 31.2. The van der Waals surface area contributed by atoms with Crippen LogP contribution in [0.25, 0.3) is 11.1 Å². The Morgan fingerprint density at radius 3 is 1.25 bits per heavy atom. The number of ether oxygens (including phenoxy) is 11. The monoisotopic (exact) mass is 735 g/mol. The van der Waals surface area contributed by atoms with Crippen molar-refractivity contribution in [3.63, 3.8) is 0 Å². The van der Waals surface area contributed by atoms with Crippen molar-refractivity contribution in [2.24, 2.45) is 0 Å². The van der Waals surface area contributed by atoms with Crippen molar-refractivity contribution in [2.75, 3.05) is 139 Å². The molecule has 0 aliphatic heterocycles. The van der Waals surface area contributed by atoms with E-state index in [4.69, 9.17) is 52.1 Å². The zero-order valence-electron chi connectivity index (χ0n) is 31.2. The number of amides is 1. The van der Waals surface area contributed by atoms with Gasteiger partial charge >= 0.3 is 6.09 Å². The first-order valence-corrected chi connectivity index (χ1v) is 18.6. The minimum atomic E-state index is -0.414. The second kappa shape index (κ2) is 29.7. The summed E-state index contributed by atoms with van der Waals surface area (Å²) in [5.41, 5.74) is 4.81. The van der Waals surface area contributed by atoms with Gasteiger partial charge in [-0.3, -0.25) is 0 Å². The molecule has 1 N–H and O–H groups in total. The van der Waals surface area contributed by atoms with Crippen LogP contribution in [0.2, 0.25) is 0 Å². The van der Waals surface area contributed by atoms with Crippen molar-refractivity contribution in [3.05, 3.63) is 59.7 Å². The molecule has 1 amide bonds. The average Bonchev–Trinajstić information content (AvgIpc) is 3.47. The van der Waals surface area contributed by atoms with Gasteiger partial charge in [0.15, 0.2) is 0 Å². The smallest absolute Gasteiger partial charge is 0.407 e. The fourth-order valence-electron chi connectivity index (χ4n) is 5.22. The summed E-state index contributed by atoms with van der Waals surface area (Å²) in [4.78, 5) is 12.3. The lowest BCUT2D eigenvalue weighted by molar-refractivity contribution is -0.0279. The van der Waals surface area contributed by atoms with E-state index in [1.54, 1.807) is 0 Å². The molecule has 13 nitrogen and oxygen atoms in total. The summed E-state index contributed by atoms with van der Waals surface area (Å²) in [6.07, 6.45) is 0.500. The van der Waals surface area contributed by atoms with Crippen molar-refractivity contribution < 1.29 is 56.9 Å². The van der Waals surface area contributed by atoms with Crippen LogP contribution in [0.1, 0.15) is 37.3 Å². The van der Waals surface area contributed by atoms with Crippen molar-refractivity contribution in [2.45, 2.75) is 32.3 Å². The molecule has 0 unspecified atom stereocenters. The zero-order chi connectivity index (χ0) is 36.7. The topological polar surface area (TPSA) is 131 Å². The molecule has 0 saturated carbocycles. The molecular weight excluding hydrogens is 674 g/mol. The Morgan fingerprint density at radius 2 is 0.865 bits per heavy atom. The summed E-state index contributed by atoms with van der Waals surface area (Å²) >= 11 is 0. The molecule has 0 fully saturated rings. The first-order chi connectivity index (χ1) is 25.7. The number of alkyl carbamates (subject to hydrolysis) is 1. The fourth-order valence-corrected chi connectivity index (χ4v) is 5.22. The van der Waals surface area contributed by atoms with E-state index < -0.39 is 6.09 Å². The van der Waals surface area contributed by atoms with E-state index in [2.05, 4.69) is 29.6 Å². The van der Waals surface area contributed by atoms with E-state index in [0.717, 1.165) is 0 Å². The molecule has 294 valence electrons. The van der Waals surface area contributed by atoms with Crippen LogP contribution in [0.5, 0.6) is 0 Å². The standard InChI is InChI=1S/C39H61NO12/c1-33(2)51-31-30-50-29-28-49-27-26-48-25-24-47-23-22-46-21-20-45-19-18-44-17-16-43-15-14-42-13-7-12-40-39(41)52-32-38-36-10-5-3-8-34(36)35-9-4-6-11-37(35)38/h3-6,8-11,33,38H,7,12-32H2,1-2H3,(H,40,41). The van der Waals surface area contributed by atoms with Gasteiger partial charge in [0.05, 0.1) is 125 Å². The molecule has 0 radical (unpaired) electrons. The van der Waals surface area contributed by atoms with Crippen LogP contribution < -0.4 is 5.32 Å². The molecule has 0 heterocycles. The van der Waals surface area contributed by atoms with Crippen LogP contribution in [0.4, 0.5) is 4.79 Å². The van der Waals surface area contributed by atoms with Gasteiger partial charge in [-0.1, -0.05) is 48.5 Å². The molecule has 1 aliphatic carbocycles. The van der Waals surface area contributed by atoms with Gasteiger partial charge in [-0.25, -0.2) is 4.79 Å². The highest BCUT2D eigenvalue weighted by molar-refractivity contribution is 5.79. The van der Waals surface area contributed by atoms with Gasteiger partial charge in [-0.2, -0.15) is 0 Å². The van der Waals surface area contributed by atoms with Gasteiger partial charge in [0.2, 0.25) is 0 Å². The van der Waals surface area contributed by atoms with E-state index in [1.807, 2.05) is 38.1 Å². The number of nitrogens with one attached hydrogen (secondary N) is 1. The number of rotatable bonds is 34. The van der Waals surface area contributed by atoms with Crippen LogP contribution in [-0.2, 0) is 52.1 Å². The predicted octanol–water partition coefficient (Wildman–Crippen LogP) is 4.49. The number of carbonyl (C=O) groups excluding carboxylic acids is 1. The molecule has 13 heteroatoms. The molecule has 0 bridgehead atoms. The first-order valence-electron chi connectivity index (χ1n) is 18.6. The molecule has 52 heavy (non-hydrogen) atoms. The minimum Gasteiger partial charge on any atom is -0.449 e. The van der Waals surface area contributed by atoms with Crippen LogP contribution in [-0.4, -0.2) is 151 Å². The summed E-state index contributed by atoms with van der Waals surface area (Å²) in [6.45, 7) is 14.6. The van der Waals surface area contributed by atoms with Crippen LogP contribution in [0.15, 0.2) is 48.5 Å². The van der Waals surface area contributed by atoms with Crippen molar-refractivity contribution >= 4 is 6.09 Å². The van der Waals surface area contributed by atoms with E-state index in [-0.39, 0.29) is 12.0 Å². The van der Waals surface area contributed by atoms with Gasteiger partial charge in [0.1, 0.15) is 6.61 Å². The maximum Gasteiger partial charge on any atom is 0.407 e.